The van der Waals surface area contributed by atoms with E-state index in [1.165, 1.54) is 14.2 Å². The van der Waals surface area contributed by atoms with E-state index >= 15 is 0 Å². The molecule has 0 radical (unpaired) electrons. The quantitative estimate of drug-likeness (QED) is 0.673. The molecule has 0 bridgehead atoms. The number of nitrogens with zero attached hydrogens (tertiary/aromatic N) is 1. The topological polar surface area (TPSA) is 83.5 Å². The number of carbonyl (C=O) groups is 2. The van der Waals surface area contributed by atoms with Crippen LogP contribution in [0, 0.1) is 0 Å². The first-order valence-corrected chi connectivity index (χ1v) is 8.63. The summed E-state index contributed by atoms with van der Waals surface area (Å²) in [6, 6.07) is 5.48. The standard InChI is InChI=1S/C17H18BrNO7/c1-22-15(20)13-8-24-9-19(14(13)16(21)23-2)12-6-10(5-11(18)7-12)17-25-3-4-26-17/h5-7,17H,3-4,8-9H2,1-2H3. The normalized spacial score (nSPS) is 18.2. The molecule has 1 saturated heterocycles. The van der Waals surface area contributed by atoms with Crippen LogP contribution >= 0.6 is 15.9 Å². The molecule has 0 amide bonds. The third kappa shape index (κ3) is 3.75. The van der Waals surface area contributed by atoms with Crippen LogP contribution < -0.4 is 4.90 Å². The van der Waals surface area contributed by atoms with E-state index in [0.29, 0.717) is 18.9 Å². The van der Waals surface area contributed by atoms with Crippen LogP contribution in [0.5, 0.6) is 0 Å². The summed E-state index contributed by atoms with van der Waals surface area (Å²) in [5.74, 6) is -1.30. The van der Waals surface area contributed by atoms with E-state index in [0.717, 1.165) is 10.0 Å². The van der Waals surface area contributed by atoms with E-state index < -0.39 is 18.2 Å². The molecule has 2 aliphatic rings. The molecule has 26 heavy (non-hydrogen) atoms. The van der Waals surface area contributed by atoms with Crippen molar-refractivity contribution in [2.75, 3.05) is 45.7 Å². The van der Waals surface area contributed by atoms with Crippen LogP contribution in [0.25, 0.3) is 0 Å². The molecule has 2 aliphatic heterocycles. The zero-order chi connectivity index (χ0) is 18.7. The number of hydrogen-bond donors (Lipinski definition) is 0. The van der Waals surface area contributed by atoms with Gasteiger partial charge in [0.25, 0.3) is 0 Å². The fraction of sp³-hybridized carbons (Fsp3) is 0.412. The molecule has 1 aromatic carbocycles. The average Bonchev–Trinajstić information content (AvgIpc) is 3.20. The minimum absolute atomic E-state index is 0.0384. The SMILES string of the molecule is COC(=O)C1=C(C(=O)OC)N(c2cc(Br)cc(C3OCCO3)c2)COC1. The van der Waals surface area contributed by atoms with Gasteiger partial charge in [-0.3, -0.25) is 0 Å². The van der Waals surface area contributed by atoms with E-state index in [1.807, 2.05) is 12.1 Å². The summed E-state index contributed by atoms with van der Waals surface area (Å²) in [6.45, 7) is 1.06. The Hall–Kier alpha value is -1.94. The van der Waals surface area contributed by atoms with Crippen LogP contribution in [0.1, 0.15) is 11.9 Å². The summed E-state index contributed by atoms with van der Waals surface area (Å²) < 4.78 is 27.0. The highest BCUT2D eigenvalue weighted by atomic mass is 79.9. The van der Waals surface area contributed by atoms with Gasteiger partial charge in [0.15, 0.2) is 6.29 Å². The molecule has 1 aromatic rings. The predicted molar refractivity (Wildman–Crippen MR) is 93.1 cm³/mol. The number of carbonyl (C=O) groups excluding carboxylic acids is 2. The van der Waals surface area contributed by atoms with Gasteiger partial charge in [-0.15, -0.1) is 0 Å². The minimum Gasteiger partial charge on any atom is -0.466 e. The second-order valence-electron chi connectivity index (χ2n) is 5.53. The fourth-order valence-electron chi connectivity index (χ4n) is 2.79. The smallest absolute Gasteiger partial charge is 0.355 e. The van der Waals surface area contributed by atoms with Crippen molar-refractivity contribution in [3.8, 4) is 0 Å². The number of anilines is 1. The van der Waals surface area contributed by atoms with Crippen molar-refractivity contribution >= 4 is 33.6 Å². The monoisotopic (exact) mass is 427 g/mol. The number of esters is 2. The predicted octanol–water partition coefficient (Wildman–Crippen LogP) is 1.89. The Morgan fingerprint density at radius 1 is 1.12 bits per heavy atom. The van der Waals surface area contributed by atoms with Crippen molar-refractivity contribution in [2.45, 2.75) is 6.29 Å². The van der Waals surface area contributed by atoms with Crippen LogP contribution in [-0.4, -0.2) is 52.7 Å². The van der Waals surface area contributed by atoms with Gasteiger partial charge in [-0.05, 0) is 18.2 Å². The second kappa shape index (κ2) is 8.17. The van der Waals surface area contributed by atoms with E-state index in [1.54, 1.807) is 11.0 Å². The third-order valence-corrected chi connectivity index (χ3v) is 4.40. The molecule has 9 heteroatoms. The Morgan fingerprint density at radius 2 is 1.81 bits per heavy atom. The van der Waals surface area contributed by atoms with Crippen molar-refractivity contribution in [1.82, 2.24) is 0 Å². The molecule has 1 fully saturated rings. The Labute approximate surface area is 158 Å². The molecule has 0 N–H and O–H groups in total. The lowest BCUT2D eigenvalue weighted by atomic mass is 10.1. The van der Waals surface area contributed by atoms with Crippen LogP contribution in [0.3, 0.4) is 0 Å². The number of benzene rings is 1. The van der Waals surface area contributed by atoms with Gasteiger partial charge >= 0.3 is 11.9 Å². The number of hydrogen-bond acceptors (Lipinski definition) is 8. The molecular formula is C17H18BrNO7. The lowest BCUT2D eigenvalue weighted by Gasteiger charge is -2.31. The maximum absolute atomic E-state index is 12.4. The second-order valence-corrected chi connectivity index (χ2v) is 6.45. The molecule has 0 aromatic heterocycles. The van der Waals surface area contributed by atoms with Crippen molar-refractivity contribution in [2.24, 2.45) is 0 Å². The number of halogens is 1. The zero-order valence-corrected chi connectivity index (χ0v) is 15.9. The molecule has 0 saturated carbocycles. The zero-order valence-electron chi connectivity index (χ0n) is 14.3. The van der Waals surface area contributed by atoms with Gasteiger partial charge < -0.3 is 28.6 Å². The summed E-state index contributed by atoms with van der Waals surface area (Å²) in [5, 5.41) is 0. The van der Waals surface area contributed by atoms with Gasteiger partial charge in [-0.2, -0.15) is 0 Å². The molecule has 0 unspecified atom stereocenters. The average molecular weight is 428 g/mol. The first-order valence-electron chi connectivity index (χ1n) is 7.84. The van der Waals surface area contributed by atoms with Gasteiger partial charge in [0, 0.05) is 15.7 Å². The summed E-state index contributed by atoms with van der Waals surface area (Å²) in [6.07, 6.45) is -0.484. The molecule has 0 aliphatic carbocycles. The first kappa shape index (κ1) is 18.8. The summed E-state index contributed by atoms with van der Waals surface area (Å²) >= 11 is 3.46. The van der Waals surface area contributed by atoms with Crippen molar-refractivity contribution < 1.29 is 33.3 Å². The third-order valence-electron chi connectivity index (χ3n) is 3.94. The highest BCUT2D eigenvalue weighted by molar-refractivity contribution is 9.10. The molecular weight excluding hydrogens is 410 g/mol. The maximum Gasteiger partial charge on any atom is 0.355 e. The van der Waals surface area contributed by atoms with Crippen molar-refractivity contribution in [3.05, 3.63) is 39.5 Å². The Morgan fingerprint density at radius 3 is 2.46 bits per heavy atom. The Kier molecular flexibility index (Phi) is 5.92. The minimum atomic E-state index is -0.649. The molecule has 2 heterocycles. The number of ether oxygens (including phenoxy) is 5. The van der Waals surface area contributed by atoms with Crippen molar-refractivity contribution in [1.29, 1.82) is 0 Å². The van der Waals surface area contributed by atoms with Gasteiger partial charge in [-0.25, -0.2) is 9.59 Å². The highest BCUT2D eigenvalue weighted by Crippen LogP contribution is 2.33. The maximum atomic E-state index is 12.4. The van der Waals surface area contributed by atoms with Gasteiger partial charge in [0.2, 0.25) is 0 Å². The summed E-state index contributed by atoms with van der Waals surface area (Å²) in [7, 11) is 2.50. The fourth-order valence-corrected chi connectivity index (χ4v) is 3.29. The van der Waals surface area contributed by atoms with Crippen LogP contribution in [0.4, 0.5) is 5.69 Å². The lowest BCUT2D eigenvalue weighted by molar-refractivity contribution is -0.140. The van der Waals surface area contributed by atoms with Crippen LogP contribution in [-0.2, 0) is 33.3 Å². The summed E-state index contributed by atoms with van der Waals surface area (Å²) in [5.41, 5.74) is 1.58. The first-order chi connectivity index (χ1) is 12.5. The molecule has 3 rings (SSSR count). The van der Waals surface area contributed by atoms with Gasteiger partial charge in [0.1, 0.15) is 12.4 Å². The van der Waals surface area contributed by atoms with E-state index in [9.17, 15) is 9.59 Å². The van der Waals surface area contributed by atoms with Gasteiger partial charge in [0.05, 0.1) is 39.6 Å². The van der Waals surface area contributed by atoms with Gasteiger partial charge in [-0.1, -0.05) is 15.9 Å². The van der Waals surface area contributed by atoms with E-state index in [4.69, 9.17) is 23.7 Å². The lowest BCUT2D eigenvalue weighted by Crippen LogP contribution is -2.38. The van der Waals surface area contributed by atoms with E-state index in [2.05, 4.69) is 15.9 Å². The molecule has 8 nitrogen and oxygen atoms in total. The number of rotatable bonds is 4. The van der Waals surface area contributed by atoms with Crippen LogP contribution in [0.2, 0.25) is 0 Å². The van der Waals surface area contributed by atoms with Crippen LogP contribution in [0.15, 0.2) is 33.9 Å². The summed E-state index contributed by atoms with van der Waals surface area (Å²) in [4.78, 5) is 26.0. The largest absolute Gasteiger partial charge is 0.466 e. The Balaban J connectivity index is 2.05. The Bertz CT molecular complexity index is 743. The molecule has 140 valence electrons. The van der Waals surface area contributed by atoms with Crippen molar-refractivity contribution in [3.63, 3.8) is 0 Å². The molecule has 0 spiro atoms. The van der Waals surface area contributed by atoms with E-state index in [-0.39, 0.29) is 24.6 Å². The molecule has 0 atom stereocenters. The number of methoxy groups -OCH3 is 2. The highest BCUT2D eigenvalue weighted by Gasteiger charge is 2.33.